The van der Waals surface area contributed by atoms with Crippen LogP contribution in [0.1, 0.15) is 32.8 Å². The summed E-state index contributed by atoms with van der Waals surface area (Å²) in [5, 5.41) is 2.89. The number of sulfonamides is 1. The monoisotopic (exact) mass is 388 g/mol. The number of halogens is 1. The molecule has 1 aliphatic rings. The molecule has 0 bridgehead atoms. The third-order valence-electron chi connectivity index (χ3n) is 3.79. The number of aliphatic imine (C=N–C) groups is 1. The van der Waals surface area contributed by atoms with Crippen LogP contribution in [0.3, 0.4) is 0 Å². The molecule has 1 aromatic carbocycles. The van der Waals surface area contributed by atoms with Gasteiger partial charge in [-0.25, -0.2) is 8.42 Å². The first-order valence-corrected chi connectivity index (χ1v) is 9.33. The predicted molar refractivity (Wildman–Crippen MR) is 100 cm³/mol. The van der Waals surface area contributed by atoms with Crippen molar-refractivity contribution in [2.75, 3.05) is 13.1 Å². The minimum absolute atomic E-state index is 0. The number of hydrogen-bond donors (Lipinski definition) is 3. The second-order valence-electron chi connectivity index (χ2n) is 6.68. The minimum atomic E-state index is -3.59. The number of carbonyl (C=O) groups is 1. The summed E-state index contributed by atoms with van der Waals surface area (Å²) in [6.07, 6.45) is 0.751. The fourth-order valence-corrected chi connectivity index (χ4v) is 4.12. The highest BCUT2D eigenvalue weighted by molar-refractivity contribution is 7.90. The van der Waals surface area contributed by atoms with Gasteiger partial charge in [-0.3, -0.25) is 14.5 Å². The highest BCUT2D eigenvalue weighted by Crippen LogP contribution is 2.22. The summed E-state index contributed by atoms with van der Waals surface area (Å²) in [5.41, 5.74) is 5.76. The Balaban J connectivity index is 0.00000312. The normalized spacial score (nSPS) is 18.8. The zero-order valence-corrected chi connectivity index (χ0v) is 16.2. The Morgan fingerprint density at radius 3 is 2.60 bits per heavy atom. The number of benzene rings is 1. The van der Waals surface area contributed by atoms with E-state index in [1.807, 2.05) is 6.92 Å². The second-order valence-corrected chi connectivity index (χ2v) is 8.33. The molecular weight excluding hydrogens is 364 g/mol. The van der Waals surface area contributed by atoms with Gasteiger partial charge in [0.05, 0.1) is 4.90 Å². The molecule has 1 unspecified atom stereocenters. The number of amides is 1. The maximum absolute atomic E-state index is 12.2. The van der Waals surface area contributed by atoms with Crippen molar-refractivity contribution in [3.8, 4) is 0 Å². The van der Waals surface area contributed by atoms with Gasteiger partial charge in [0.25, 0.3) is 10.0 Å². The summed E-state index contributed by atoms with van der Waals surface area (Å²) in [6, 6.07) is 6.54. The van der Waals surface area contributed by atoms with Gasteiger partial charge < -0.3 is 11.1 Å². The van der Waals surface area contributed by atoms with Crippen molar-refractivity contribution in [3.63, 3.8) is 0 Å². The van der Waals surface area contributed by atoms with Crippen molar-refractivity contribution in [2.24, 2.45) is 16.6 Å². The molecule has 7 nitrogen and oxygen atoms in total. The smallest absolute Gasteiger partial charge is 0.263 e. The molecule has 0 aliphatic carbocycles. The van der Waals surface area contributed by atoms with Crippen LogP contribution in [0.15, 0.2) is 34.2 Å². The molecule has 2 rings (SSSR count). The van der Waals surface area contributed by atoms with Crippen molar-refractivity contribution < 1.29 is 13.2 Å². The summed E-state index contributed by atoms with van der Waals surface area (Å²) < 4.78 is 26.4. The van der Waals surface area contributed by atoms with Gasteiger partial charge in [0, 0.05) is 17.6 Å². The first-order chi connectivity index (χ1) is 11.2. The Kier molecular flexibility index (Phi) is 6.99. The molecule has 1 heterocycles. The number of amidine groups is 1. The van der Waals surface area contributed by atoms with Gasteiger partial charge in [-0.05, 0) is 31.4 Å². The summed E-state index contributed by atoms with van der Waals surface area (Å²) >= 11 is 0. The average molecular weight is 389 g/mol. The standard InChI is InChI=1S/C16H24N4O3S.ClH/c1-11(2)8-16(3,10-17)19-14(21)9-18-15-12-6-4-5-7-13(12)24(22,23)20-15;/h4-7,11H,8-10,17H2,1-3H3,(H,18,20)(H,19,21);1H. The number of fused-ring (bicyclic) bond motifs is 1. The van der Waals surface area contributed by atoms with Crippen LogP contribution in [0, 0.1) is 5.92 Å². The molecule has 140 valence electrons. The fourth-order valence-electron chi connectivity index (χ4n) is 2.86. The maximum Gasteiger partial charge on any atom is 0.263 e. The van der Waals surface area contributed by atoms with E-state index in [1.165, 1.54) is 6.07 Å². The van der Waals surface area contributed by atoms with Crippen molar-refractivity contribution in [1.29, 1.82) is 0 Å². The molecule has 0 fully saturated rings. The Morgan fingerprint density at radius 2 is 2.00 bits per heavy atom. The van der Waals surface area contributed by atoms with Gasteiger partial charge >= 0.3 is 0 Å². The molecule has 0 saturated heterocycles. The van der Waals surface area contributed by atoms with E-state index in [0.29, 0.717) is 18.0 Å². The zero-order chi connectivity index (χ0) is 18.0. The Morgan fingerprint density at radius 1 is 1.36 bits per heavy atom. The first-order valence-electron chi connectivity index (χ1n) is 7.84. The number of hydrogen-bond acceptors (Lipinski definition) is 5. The molecule has 0 radical (unpaired) electrons. The molecule has 1 amide bonds. The van der Waals surface area contributed by atoms with Crippen molar-refractivity contribution in [3.05, 3.63) is 29.8 Å². The minimum Gasteiger partial charge on any atom is -0.348 e. The van der Waals surface area contributed by atoms with E-state index in [1.54, 1.807) is 18.2 Å². The molecule has 1 aliphatic heterocycles. The lowest BCUT2D eigenvalue weighted by atomic mass is 9.91. The number of rotatable bonds is 6. The van der Waals surface area contributed by atoms with E-state index >= 15 is 0 Å². The van der Waals surface area contributed by atoms with Crippen LogP contribution in [0.4, 0.5) is 0 Å². The summed E-state index contributed by atoms with van der Waals surface area (Å²) in [5.74, 6) is 0.289. The quantitative estimate of drug-likeness (QED) is 0.675. The molecule has 1 atom stereocenters. The van der Waals surface area contributed by atoms with Crippen LogP contribution in [0.2, 0.25) is 0 Å². The van der Waals surface area contributed by atoms with Crippen molar-refractivity contribution in [2.45, 2.75) is 37.6 Å². The van der Waals surface area contributed by atoms with Crippen molar-refractivity contribution >= 4 is 34.2 Å². The van der Waals surface area contributed by atoms with Crippen LogP contribution in [-0.2, 0) is 14.8 Å². The van der Waals surface area contributed by atoms with Gasteiger partial charge in [0.1, 0.15) is 12.4 Å². The average Bonchev–Trinajstić information content (AvgIpc) is 2.76. The first kappa shape index (κ1) is 21.4. The molecular formula is C16H25ClN4O3S. The highest BCUT2D eigenvalue weighted by Gasteiger charge is 2.30. The second kappa shape index (κ2) is 8.16. The Labute approximate surface area is 154 Å². The number of nitrogens with zero attached hydrogens (tertiary/aromatic N) is 1. The van der Waals surface area contributed by atoms with E-state index in [0.717, 1.165) is 6.42 Å². The van der Waals surface area contributed by atoms with Gasteiger partial charge in [-0.1, -0.05) is 26.0 Å². The molecule has 4 N–H and O–H groups in total. The van der Waals surface area contributed by atoms with Crippen LogP contribution in [0.5, 0.6) is 0 Å². The zero-order valence-electron chi connectivity index (χ0n) is 14.6. The largest absolute Gasteiger partial charge is 0.348 e. The van der Waals surface area contributed by atoms with Crippen LogP contribution in [-0.4, -0.2) is 38.8 Å². The van der Waals surface area contributed by atoms with Crippen LogP contribution in [0.25, 0.3) is 0 Å². The lowest BCUT2D eigenvalue weighted by molar-refractivity contribution is -0.121. The lowest BCUT2D eigenvalue weighted by Crippen LogP contribution is -2.52. The van der Waals surface area contributed by atoms with E-state index in [9.17, 15) is 13.2 Å². The number of nitrogens with two attached hydrogens (primary N) is 1. The molecule has 9 heteroatoms. The van der Waals surface area contributed by atoms with E-state index in [4.69, 9.17) is 5.73 Å². The Hall–Kier alpha value is -1.64. The van der Waals surface area contributed by atoms with Gasteiger partial charge in [-0.2, -0.15) is 0 Å². The van der Waals surface area contributed by atoms with Gasteiger partial charge in [-0.15, -0.1) is 12.4 Å². The fraction of sp³-hybridized carbons (Fsp3) is 0.500. The van der Waals surface area contributed by atoms with E-state index in [2.05, 4.69) is 28.9 Å². The molecule has 1 aromatic rings. The van der Waals surface area contributed by atoms with E-state index in [-0.39, 0.29) is 35.6 Å². The molecule has 0 spiro atoms. The summed E-state index contributed by atoms with van der Waals surface area (Å²) in [6.45, 7) is 6.17. The number of nitrogens with one attached hydrogen (secondary N) is 2. The van der Waals surface area contributed by atoms with Gasteiger partial charge in [0.2, 0.25) is 5.91 Å². The highest BCUT2D eigenvalue weighted by atomic mass is 35.5. The maximum atomic E-state index is 12.2. The van der Waals surface area contributed by atoms with Crippen LogP contribution >= 0.6 is 12.4 Å². The third-order valence-corrected chi connectivity index (χ3v) is 5.19. The summed E-state index contributed by atoms with van der Waals surface area (Å²) in [7, 11) is -3.59. The van der Waals surface area contributed by atoms with E-state index < -0.39 is 15.6 Å². The Bertz CT molecular complexity index is 764. The predicted octanol–water partition coefficient (Wildman–Crippen LogP) is 1.03. The lowest BCUT2D eigenvalue weighted by Gasteiger charge is -2.31. The summed E-state index contributed by atoms with van der Waals surface area (Å²) in [4.78, 5) is 16.5. The molecule has 0 saturated carbocycles. The topological polar surface area (TPSA) is 114 Å². The third kappa shape index (κ3) is 5.17. The number of carbonyl (C=O) groups excluding carboxylic acids is 1. The van der Waals surface area contributed by atoms with Crippen LogP contribution < -0.4 is 15.8 Å². The molecule has 25 heavy (non-hydrogen) atoms. The van der Waals surface area contributed by atoms with Crippen molar-refractivity contribution in [1.82, 2.24) is 10.0 Å². The SMILES string of the molecule is CC(C)CC(C)(CN)NC(=O)CN=C1NS(=O)(=O)c2ccccc21.Cl. The molecule has 0 aromatic heterocycles. The van der Waals surface area contributed by atoms with Gasteiger partial charge in [0.15, 0.2) is 0 Å².